The van der Waals surface area contributed by atoms with Gasteiger partial charge in [-0.25, -0.2) is 13.1 Å². The smallest absolute Gasteiger partial charge is 0.208 e. The maximum atomic E-state index is 12.4. The lowest BCUT2D eigenvalue weighted by molar-refractivity contribution is 0.310. The Bertz CT molecular complexity index is 560. The van der Waals surface area contributed by atoms with E-state index in [4.69, 9.17) is 23.2 Å². The summed E-state index contributed by atoms with van der Waals surface area (Å²) in [5, 5.41) is 0.557. The largest absolute Gasteiger partial charge is 0.242 e. The van der Waals surface area contributed by atoms with E-state index in [0.29, 0.717) is 10.9 Å². The molecule has 6 heteroatoms. The lowest BCUT2D eigenvalue weighted by atomic mass is 9.87. The molecule has 1 aliphatic carbocycles. The number of rotatable bonds is 3. The highest BCUT2D eigenvalue weighted by atomic mass is 35.5. The molecule has 0 spiro atoms. The van der Waals surface area contributed by atoms with Crippen molar-refractivity contribution in [3.63, 3.8) is 0 Å². The van der Waals surface area contributed by atoms with Crippen LogP contribution in [0.15, 0.2) is 23.1 Å². The van der Waals surface area contributed by atoms with Gasteiger partial charge in [0.2, 0.25) is 10.0 Å². The van der Waals surface area contributed by atoms with Gasteiger partial charge in [0.1, 0.15) is 4.90 Å². The van der Waals surface area contributed by atoms with Crippen LogP contribution in [-0.2, 0) is 10.0 Å². The zero-order chi connectivity index (χ0) is 14.0. The zero-order valence-electron chi connectivity index (χ0n) is 10.7. The number of hydrogen-bond acceptors (Lipinski definition) is 2. The van der Waals surface area contributed by atoms with Gasteiger partial charge < -0.3 is 0 Å². The Morgan fingerprint density at radius 2 is 1.89 bits per heavy atom. The van der Waals surface area contributed by atoms with Gasteiger partial charge in [-0.1, -0.05) is 43.0 Å². The third-order valence-corrected chi connectivity index (χ3v) is 5.81. The minimum Gasteiger partial charge on any atom is -0.208 e. The van der Waals surface area contributed by atoms with Gasteiger partial charge in [0.15, 0.2) is 0 Å². The maximum absolute atomic E-state index is 12.4. The summed E-state index contributed by atoms with van der Waals surface area (Å²) < 4.78 is 27.5. The summed E-state index contributed by atoms with van der Waals surface area (Å²) in [5.74, 6) is 0.349. The van der Waals surface area contributed by atoms with E-state index in [1.54, 1.807) is 6.07 Å². The highest BCUT2D eigenvalue weighted by Crippen LogP contribution is 2.28. The van der Waals surface area contributed by atoms with E-state index in [0.717, 1.165) is 25.7 Å². The Morgan fingerprint density at radius 3 is 2.58 bits per heavy atom. The Labute approximate surface area is 124 Å². The second-order valence-electron chi connectivity index (χ2n) is 5.06. The maximum Gasteiger partial charge on any atom is 0.242 e. The first-order valence-corrected chi connectivity index (χ1v) is 8.61. The average Bonchev–Trinajstić information content (AvgIpc) is 2.35. The number of sulfonamides is 1. The van der Waals surface area contributed by atoms with Crippen LogP contribution in [0.3, 0.4) is 0 Å². The van der Waals surface area contributed by atoms with Gasteiger partial charge >= 0.3 is 0 Å². The second kappa shape index (κ2) is 6.00. The van der Waals surface area contributed by atoms with E-state index in [1.807, 2.05) is 0 Å². The van der Waals surface area contributed by atoms with Gasteiger partial charge in [0, 0.05) is 11.1 Å². The van der Waals surface area contributed by atoms with Crippen LogP contribution in [-0.4, -0.2) is 14.5 Å². The van der Waals surface area contributed by atoms with Crippen LogP contribution in [0.1, 0.15) is 32.6 Å². The van der Waals surface area contributed by atoms with Gasteiger partial charge in [-0.2, -0.15) is 0 Å². The number of halogens is 2. The Balaban J connectivity index is 2.24. The van der Waals surface area contributed by atoms with Gasteiger partial charge in [0.25, 0.3) is 0 Å². The van der Waals surface area contributed by atoms with Crippen molar-refractivity contribution in [2.45, 2.75) is 43.5 Å². The van der Waals surface area contributed by atoms with Crippen molar-refractivity contribution in [3.8, 4) is 0 Å². The molecule has 0 amide bonds. The quantitative estimate of drug-likeness (QED) is 0.919. The van der Waals surface area contributed by atoms with Crippen LogP contribution in [0.4, 0.5) is 0 Å². The molecule has 1 aliphatic rings. The van der Waals surface area contributed by atoms with Crippen LogP contribution >= 0.6 is 23.2 Å². The van der Waals surface area contributed by atoms with E-state index in [2.05, 4.69) is 11.6 Å². The summed E-state index contributed by atoms with van der Waals surface area (Å²) >= 11 is 11.8. The molecule has 3 nitrogen and oxygen atoms in total. The molecule has 2 unspecified atom stereocenters. The normalized spacial score (nSPS) is 24.4. The van der Waals surface area contributed by atoms with E-state index in [9.17, 15) is 8.42 Å². The summed E-state index contributed by atoms with van der Waals surface area (Å²) in [5.41, 5.74) is 0. The third-order valence-electron chi connectivity index (χ3n) is 3.60. The van der Waals surface area contributed by atoms with Crippen molar-refractivity contribution in [1.82, 2.24) is 4.72 Å². The zero-order valence-corrected chi connectivity index (χ0v) is 13.0. The third kappa shape index (κ3) is 3.63. The summed E-state index contributed by atoms with van der Waals surface area (Å²) in [6.45, 7) is 2.08. The van der Waals surface area contributed by atoms with Crippen LogP contribution in [0.2, 0.25) is 10.0 Å². The van der Waals surface area contributed by atoms with Crippen molar-refractivity contribution in [2.24, 2.45) is 5.92 Å². The lowest BCUT2D eigenvalue weighted by Gasteiger charge is -2.29. The molecule has 106 valence electrons. The molecule has 1 fully saturated rings. The van der Waals surface area contributed by atoms with Gasteiger partial charge in [-0.05, 0) is 37.0 Å². The summed E-state index contributed by atoms with van der Waals surface area (Å²) in [4.78, 5) is 0.0550. The van der Waals surface area contributed by atoms with Crippen molar-refractivity contribution in [2.75, 3.05) is 0 Å². The molecule has 19 heavy (non-hydrogen) atoms. The fraction of sp³-hybridized carbons (Fsp3) is 0.538. The molecule has 1 saturated carbocycles. The molecule has 1 N–H and O–H groups in total. The predicted molar refractivity (Wildman–Crippen MR) is 78.2 cm³/mol. The first-order chi connectivity index (χ1) is 8.90. The standard InChI is InChI=1S/C13H17Cl2NO2S/c1-9-4-2-3-5-12(9)16-19(17,18)13-8-10(14)6-7-11(13)15/h6-9,12,16H,2-5H2,1H3. The van der Waals surface area contributed by atoms with Gasteiger partial charge in [0.05, 0.1) is 5.02 Å². The Kier molecular flexibility index (Phi) is 4.77. The average molecular weight is 322 g/mol. The predicted octanol–water partition coefficient (Wildman–Crippen LogP) is 3.85. The van der Waals surface area contributed by atoms with E-state index in [-0.39, 0.29) is 16.0 Å². The van der Waals surface area contributed by atoms with Crippen LogP contribution < -0.4 is 4.72 Å². The first kappa shape index (κ1) is 15.1. The van der Waals surface area contributed by atoms with Crippen LogP contribution in [0, 0.1) is 5.92 Å². The molecule has 0 aromatic heterocycles. The number of nitrogens with one attached hydrogen (secondary N) is 1. The van der Waals surface area contributed by atoms with E-state index in [1.165, 1.54) is 12.1 Å². The number of benzene rings is 1. The molecular weight excluding hydrogens is 305 g/mol. The fourth-order valence-corrected chi connectivity index (χ4v) is 4.58. The SMILES string of the molecule is CC1CCCCC1NS(=O)(=O)c1cc(Cl)ccc1Cl. The van der Waals surface area contributed by atoms with Crippen molar-refractivity contribution < 1.29 is 8.42 Å². The topological polar surface area (TPSA) is 46.2 Å². The molecule has 2 rings (SSSR count). The molecule has 0 radical (unpaired) electrons. The highest BCUT2D eigenvalue weighted by Gasteiger charge is 2.28. The van der Waals surface area contributed by atoms with Crippen molar-refractivity contribution in [1.29, 1.82) is 0 Å². The molecular formula is C13H17Cl2NO2S. The number of hydrogen-bond donors (Lipinski definition) is 1. The van der Waals surface area contributed by atoms with Crippen LogP contribution in [0.5, 0.6) is 0 Å². The van der Waals surface area contributed by atoms with Crippen molar-refractivity contribution in [3.05, 3.63) is 28.2 Å². The minimum absolute atomic E-state index is 0.0196. The molecule has 0 heterocycles. The van der Waals surface area contributed by atoms with E-state index < -0.39 is 10.0 Å². The lowest BCUT2D eigenvalue weighted by Crippen LogP contribution is -2.41. The molecule has 1 aromatic rings. The molecule has 0 saturated heterocycles. The van der Waals surface area contributed by atoms with Gasteiger partial charge in [-0.3, -0.25) is 0 Å². The van der Waals surface area contributed by atoms with E-state index >= 15 is 0 Å². The summed E-state index contributed by atoms with van der Waals surface area (Å²) in [6, 6.07) is 4.45. The Hall–Kier alpha value is -0.290. The molecule has 2 atom stereocenters. The van der Waals surface area contributed by atoms with Crippen molar-refractivity contribution >= 4 is 33.2 Å². The Morgan fingerprint density at radius 1 is 1.21 bits per heavy atom. The molecule has 1 aromatic carbocycles. The molecule has 0 bridgehead atoms. The summed E-state index contributed by atoms with van der Waals surface area (Å²) in [7, 11) is -3.61. The molecule has 0 aliphatic heterocycles. The summed E-state index contributed by atoms with van der Waals surface area (Å²) in [6.07, 6.45) is 4.15. The monoisotopic (exact) mass is 321 g/mol. The first-order valence-electron chi connectivity index (χ1n) is 6.37. The fourth-order valence-electron chi connectivity index (χ4n) is 2.44. The minimum atomic E-state index is -3.61. The van der Waals surface area contributed by atoms with Crippen LogP contribution in [0.25, 0.3) is 0 Å². The van der Waals surface area contributed by atoms with Gasteiger partial charge in [-0.15, -0.1) is 0 Å². The highest BCUT2D eigenvalue weighted by molar-refractivity contribution is 7.89. The second-order valence-corrected chi connectivity index (χ2v) is 7.59.